The Morgan fingerprint density at radius 2 is 1.73 bits per heavy atom. The standard InChI is InChI=1S/C20H22N2O4/c1-14(26-18-11-9-17(25-2)10-12-18)20(24)21-15-5-7-16(8-6-15)22-13-3-4-19(22)23/h5-12,14H,3-4,13H2,1-2H3,(H,21,24)/t14-/m1/s1. The third-order valence-electron chi connectivity index (χ3n) is 4.26. The second-order valence-electron chi connectivity index (χ2n) is 6.12. The number of carbonyl (C=O) groups is 2. The van der Waals surface area contributed by atoms with E-state index in [1.54, 1.807) is 55.3 Å². The first kappa shape index (κ1) is 17.8. The summed E-state index contributed by atoms with van der Waals surface area (Å²) < 4.78 is 10.7. The Kier molecular flexibility index (Phi) is 5.41. The molecule has 3 rings (SSSR count). The number of hydrogen-bond acceptors (Lipinski definition) is 4. The summed E-state index contributed by atoms with van der Waals surface area (Å²) in [5.74, 6) is 1.22. The summed E-state index contributed by atoms with van der Waals surface area (Å²) in [5.41, 5.74) is 1.52. The maximum atomic E-state index is 12.3. The summed E-state index contributed by atoms with van der Waals surface area (Å²) in [4.78, 5) is 25.8. The van der Waals surface area contributed by atoms with Crippen LogP contribution in [0.15, 0.2) is 48.5 Å². The molecule has 26 heavy (non-hydrogen) atoms. The van der Waals surface area contributed by atoms with Gasteiger partial charge in [-0.05, 0) is 61.9 Å². The second-order valence-corrected chi connectivity index (χ2v) is 6.12. The zero-order chi connectivity index (χ0) is 18.5. The molecule has 0 aromatic heterocycles. The summed E-state index contributed by atoms with van der Waals surface area (Å²) in [6.45, 7) is 2.44. The van der Waals surface area contributed by atoms with Crippen molar-refractivity contribution in [2.24, 2.45) is 0 Å². The molecule has 6 nitrogen and oxygen atoms in total. The Morgan fingerprint density at radius 1 is 1.08 bits per heavy atom. The molecule has 0 saturated carbocycles. The van der Waals surface area contributed by atoms with Crippen molar-refractivity contribution in [1.82, 2.24) is 0 Å². The number of amides is 2. The highest BCUT2D eigenvalue weighted by Crippen LogP contribution is 2.23. The predicted molar refractivity (Wildman–Crippen MR) is 99.7 cm³/mol. The molecule has 1 fully saturated rings. The van der Waals surface area contributed by atoms with Gasteiger partial charge >= 0.3 is 0 Å². The first-order valence-corrected chi connectivity index (χ1v) is 8.59. The van der Waals surface area contributed by atoms with E-state index in [1.165, 1.54) is 0 Å². The highest BCUT2D eigenvalue weighted by Gasteiger charge is 2.21. The van der Waals surface area contributed by atoms with E-state index in [0.717, 1.165) is 24.4 Å². The van der Waals surface area contributed by atoms with E-state index in [0.29, 0.717) is 17.9 Å². The van der Waals surface area contributed by atoms with Crippen LogP contribution in [-0.4, -0.2) is 31.6 Å². The molecule has 0 unspecified atom stereocenters. The quantitative estimate of drug-likeness (QED) is 0.865. The van der Waals surface area contributed by atoms with E-state index in [-0.39, 0.29) is 11.8 Å². The molecule has 1 N–H and O–H groups in total. The van der Waals surface area contributed by atoms with Gasteiger partial charge in [0.2, 0.25) is 5.91 Å². The summed E-state index contributed by atoms with van der Waals surface area (Å²) >= 11 is 0. The fourth-order valence-electron chi connectivity index (χ4n) is 2.80. The highest BCUT2D eigenvalue weighted by atomic mass is 16.5. The van der Waals surface area contributed by atoms with E-state index in [9.17, 15) is 9.59 Å². The Hall–Kier alpha value is -3.02. The van der Waals surface area contributed by atoms with Crippen LogP contribution in [-0.2, 0) is 9.59 Å². The van der Waals surface area contributed by atoms with Crippen LogP contribution < -0.4 is 19.7 Å². The van der Waals surface area contributed by atoms with Gasteiger partial charge in [0.15, 0.2) is 6.10 Å². The Balaban J connectivity index is 1.57. The lowest BCUT2D eigenvalue weighted by Gasteiger charge is -2.17. The number of carbonyl (C=O) groups excluding carboxylic acids is 2. The first-order chi connectivity index (χ1) is 12.6. The molecule has 0 bridgehead atoms. The third-order valence-corrected chi connectivity index (χ3v) is 4.26. The average Bonchev–Trinajstić information content (AvgIpc) is 3.09. The molecule has 6 heteroatoms. The van der Waals surface area contributed by atoms with E-state index < -0.39 is 6.10 Å². The summed E-state index contributed by atoms with van der Waals surface area (Å²) in [6, 6.07) is 14.3. The smallest absolute Gasteiger partial charge is 0.265 e. The van der Waals surface area contributed by atoms with Crippen LogP contribution in [0.3, 0.4) is 0 Å². The number of anilines is 2. The van der Waals surface area contributed by atoms with Crippen molar-refractivity contribution in [1.29, 1.82) is 0 Å². The fraction of sp³-hybridized carbons (Fsp3) is 0.300. The van der Waals surface area contributed by atoms with Crippen molar-refractivity contribution in [3.8, 4) is 11.5 Å². The van der Waals surface area contributed by atoms with Crippen molar-refractivity contribution < 1.29 is 19.1 Å². The Morgan fingerprint density at radius 3 is 2.31 bits per heavy atom. The van der Waals surface area contributed by atoms with Crippen LogP contribution in [0.5, 0.6) is 11.5 Å². The minimum atomic E-state index is -0.650. The lowest BCUT2D eigenvalue weighted by Crippen LogP contribution is -2.30. The van der Waals surface area contributed by atoms with Crippen LogP contribution >= 0.6 is 0 Å². The van der Waals surface area contributed by atoms with Crippen molar-refractivity contribution >= 4 is 23.2 Å². The van der Waals surface area contributed by atoms with Crippen LogP contribution in [0.2, 0.25) is 0 Å². The SMILES string of the molecule is COc1ccc(O[C@H](C)C(=O)Nc2ccc(N3CCCC3=O)cc2)cc1. The molecule has 2 aromatic carbocycles. The van der Waals surface area contributed by atoms with Crippen molar-refractivity contribution in [3.05, 3.63) is 48.5 Å². The largest absolute Gasteiger partial charge is 0.497 e. The molecule has 0 spiro atoms. The van der Waals surface area contributed by atoms with Crippen molar-refractivity contribution in [3.63, 3.8) is 0 Å². The van der Waals surface area contributed by atoms with Crippen molar-refractivity contribution in [2.75, 3.05) is 23.9 Å². The molecule has 0 aliphatic carbocycles. The van der Waals surface area contributed by atoms with E-state index in [4.69, 9.17) is 9.47 Å². The number of nitrogens with one attached hydrogen (secondary N) is 1. The van der Waals surface area contributed by atoms with Gasteiger partial charge in [0.1, 0.15) is 11.5 Å². The molecule has 2 aromatic rings. The van der Waals surface area contributed by atoms with Gasteiger partial charge in [-0.15, -0.1) is 0 Å². The van der Waals surface area contributed by atoms with E-state index >= 15 is 0 Å². The zero-order valence-electron chi connectivity index (χ0n) is 14.9. The molecule has 1 heterocycles. The van der Waals surface area contributed by atoms with Gasteiger partial charge in [0.05, 0.1) is 7.11 Å². The number of ether oxygens (including phenoxy) is 2. The molecule has 2 amide bonds. The minimum absolute atomic E-state index is 0.142. The van der Waals surface area contributed by atoms with Gasteiger partial charge in [0.25, 0.3) is 5.91 Å². The predicted octanol–water partition coefficient (Wildman–Crippen LogP) is 3.23. The molecule has 1 aliphatic rings. The van der Waals surface area contributed by atoms with Crippen LogP contribution in [0.1, 0.15) is 19.8 Å². The van der Waals surface area contributed by atoms with E-state index in [2.05, 4.69) is 5.32 Å². The maximum absolute atomic E-state index is 12.3. The zero-order valence-corrected chi connectivity index (χ0v) is 14.9. The lowest BCUT2D eigenvalue weighted by atomic mass is 10.2. The number of benzene rings is 2. The molecule has 1 atom stereocenters. The summed E-state index contributed by atoms with van der Waals surface area (Å²) in [5, 5.41) is 2.82. The topological polar surface area (TPSA) is 67.9 Å². The molecular formula is C20H22N2O4. The van der Waals surface area contributed by atoms with Gasteiger partial charge in [-0.2, -0.15) is 0 Å². The minimum Gasteiger partial charge on any atom is -0.497 e. The lowest BCUT2D eigenvalue weighted by molar-refractivity contribution is -0.122. The number of methoxy groups -OCH3 is 1. The first-order valence-electron chi connectivity index (χ1n) is 8.59. The Bertz CT molecular complexity index is 771. The van der Waals surface area contributed by atoms with Crippen molar-refractivity contribution in [2.45, 2.75) is 25.9 Å². The van der Waals surface area contributed by atoms with E-state index in [1.807, 2.05) is 12.1 Å². The molecule has 0 radical (unpaired) electrons. The number of rotatable bonds is 6. The van der Waals surface area contributed by atoms with Crippen LogP contribution in [0.25, 0.3) is 0 Å². The maximum Gasteiger partial charge on any atom is 0.265 e. The van der Waals surface area contributed by atoms with Crippen LogP contribution in [0, 0.1) is 0 Å². The molecule has 1 saturated heterocycles. The molecule has 136 valence electrons. The van der Waals surface area contributed by atoms with Crippen LogP contribution in [0.4, 0.5) is 11.4 Å². The normalized spacial score (nSPS) is 14.8. The second kappa shape index (κ2) is 7.91. The summed E-state index contributed by atoms with van der Waals surface area (Å²) in [6.07, 6.45) is 0.833. The average molecular weight is 354 g/mol. The van der Waals surface area contributed by atoms with Gasteiger partial charge in [-0.1, -0.05) is 0 Å². The third kappa shape index (κ3) is 4.14. The monoisotopic (exact) mass is 354 g/mol. The van der Waals surface area contributed by atoms with Gasteiger partial charge < -0.3 is 19.7 Å². The number of hydrogen-bond donors (Lipinski definition) is 1. The summed E-state index contributed by atoms with van der Waals surface area (Å²) in [7, 11) is 1.59. The van der Waals surface area contributed by atoms with Gasteiger partial charge in [-0.25, -0.2) is 0 Å². The molecule has 1 aliphatic heterocycles. The fourth-order valence-corrected chi connectivity index (χ4v) is 2.80. The van der Waals surface area contributed by atoms with Gasteiger partial charge in [-0.3, -0.25) is 9.59 Å². The highest BCUT2D eigenvalue weighted by molar-refractivity contribution is 5.96. The number of nitrogens with zero attached hydrogens (tertiary/aromatic N) is 1. The van der Waals surface area contributed by atoms with Gasteiger partial charge in [0, 0.05) is 24.3 Å². The molecular weight excluding hydrogens is 332 g/mol. The Labute approximate surface area is 152 Å².